The van der Waals surface area contributed by atoms with Crippen LogP contribution in [0.3, 0.4) is 0 Å². The quantitative estimate of drug-likeness (QED) is 0.699. The zero-order valence-electron chi connectivity index (χ0n) is 14.5. The summed E-state index contributed by atoms with van der Waals surface area (Å²) < 4.78 is 0. The third-order valence-corrected chi connectivity index (χ3v) is 5.66. The van der Waals surface area contributed by atoms with E-state index in [9.17, 15) is 4.79 Å². The van der Waals surface area contributed by atoms with Crippen LogP contribution in [0.4, 0.5) is 11.4 Å². The number of nitrogens with two attached hydrogens (primary N) is 1. The van der Waals surface area contributed by atoms with Gasteiger partial charge in [-0.2, -0.15) is 0 Å². The Labute approximate surface area is 151 Å². The molecule has 1 saturated heterocycles. The number of nitrogens with zero attached hydrogens (tertiary/aromatic N) is 3. The maximum Gasteiger partial charge on any atom is 0.254 e. The molecule has 1 aliphatic heterocycles. The van der Waals surface area contributed by atoms with E-state index in [1.54, 1.807) is 12.1 Å². The molecule has 0 unspecified atom stereocenters. The van der Waals surface area contributed by atoms with Gasteiger partial charge in [0.1, 0.15) is 5.65 Å². The van der Waals surface area contributed by atoms with Gasteiger partial charge in [0.15, 0.2) is 0 Å². The maximum atomic E-state index is 13.0. The lowest BCUT2D eigenvalue weighted by atomic mass is 10.1. The van der Waals surface area contributed by atoms with Crippen LogP contribution >= 0.6 is 0 Å². The molecule has 1 aliphatic carbocycles. The number of nitrogen functional groups attached to an aromatic ring is 1. The number of hydrogen-bond donors (Lipinski definition) is 2. The Hall–Kier alpha value is -3.02. The number of hydrogen-bond acceptors (Lipinski definition) is 4. The predicted octanol–water partition coefficient (Wildman–Crippen LogP) is 2.64. The topological polar surface area (TPSA) is 78.2 Å². The summed E-state index contributed by atoms with van der Waals surface area (Å²) in [7, 11) is 0. The molecule has 132 valence electrons. The molecule has 3 aromatic rings. The molecule has 6 heteroatoms. The van der Waals surface area contributed by atoms with Gasteiger partial charge in [0.2, 0.25) is 0 Å². The molecule has 2 aliphatic rings. The van der Waals surface area contributed by atoms with Gasteiger partial charge in [0, 0.05) is 54.4 Å². The molecule has 2 fully saturated rings. The summed E-state index contributed by atoms with van der Waals surface area (Å²) in [5.41, 5.74) is 9.22. The van der Waals surface area contributed by atoms with E-state index >= 15 is 0 Å². The minimum atomic E-state index is -0.0391. The van der Waals surface area contributed by atoms with Crippen molar-refractivity contribution in [1.29, 1.82) is 0 Å². The molecular weight excluding hydrogens is 326 g/mol. The number of pyridine rings is 1. The second-order valence-electron chi connectivity index (χ2n) is 7.29. The number of H-pyrrole nitrogens is 1. The first kappa shape index (κ1) is 15.3. The molecule has 3 N–H and O–H groups in total. The van der Waals surface area contributed by atoms with Gasteiger partial charge in [-0.25, -0.2) is 4.98 Å². The van der Waals surface area contributed by atoms with Gasteiger partial charge in [-0.15, -0.1) is 0 Å². The lowest BCUT2D eigenvalue weighted by Gasteiger charge is -2.43. The normalized spacial score (nSPS) is 18.5. The van der Waals surface area contributed by atoms with Crippen molar-refractivity contribution >= 4 is 28.3 Å². The third kappa shape index (κ3) is 2.33. The first-order chi connectivity index (χ1) is 12.7. The number of fused-ring (bicyclic) bond motifs is 1. The number of benzene rings is 1. The van der Waals surface area contributed by atoms with Gasteiger partial charge in [-0.1, -0.05) is 0 Å². The molecule has 1 aromatic carbocycles. The fourth-order valence-corrected chi connectivity index (χ4v) is 4.08. The Morgan fingerprint density at radius 1 is 1.12 bits per heavy atom. The molecule has 6 nitrogen and oxygen atoms in total. The first-order valence-electron chi connectivity index (χ1n) is 9.01. The number of piperazine rings is 1. The zero-order chi connectivity index (χ0) is 17.7. The van der Waals surface area contributed by atoms with Crippen molar-refractivity contribution in [1.82, 2.24) is 14.9 Å². The largest absolute Gasteiger partial charge is 0.399 e. The van der Waals surface area contributed by atoms with E-state index in [2.05, 4.69) is 31.9 Å². The molecule has 0 bridgehead atoms. The van der Waals surface area contributed by atoms with Crippen molar-refractivity contribution in [3.8, 4) is 0 Å². The average molecular weight is 347 g/mol. The van der Waals surface area contributed by atoms with Crippen molar-refractivity contribution < 1.29 is 4.79 Å². The van der Waals surface area contributed by atoms with Crippen LogP contribution in [0, 0.1) is 0 Å². The second-order valence-corrected chi connectivity index (χ2v) is 7.29. The standard InChI is InChI=1S/C20H21N5O/c21-15-3-1-14(2-4-15)19(26)25-12-11-24(13-20(25)7-8-20)17-6-10-23-18-16(17)5-9-22-18/h1-6,9-10H,7-8,11-13,21H2,(H,22,23). The third-order valence-electron chi connectivity index (χ3n) is 5.66. The van der Waals surface area contributed by atoms with E-state index in [0.29, 0.717) is 5.69 Å². The van der Waals surface area contributed by atoms with Crippen molar-refractivity contribution in [3.05, 3.63) is 54.4 Å². The number of rotatable bonds is 2. The Morgan fingerprint density at radius 2 is 1.92 bits per heavy atom. The van der Waals surface area contributed by atoms with E-state index < -0.39 is 0 Å². The van der Waals surface area contributed by atoms with Crippen molar-refractivity contribution in [2.24, 2.45) is 0 Å². The van der Waals surface area contributed by atoms with Gasteiger partial charge in [-0.05, 0) is 49.2 Å². The summed E-state index contributed by atoms with van der Waals surface area (Å²) in [4.78, 5) is 25.1. The molecule has 5 rings (SSSR count). The Bertz CT molecular complexity index is 973. The minimum Gasteiger partial charge on any atom is -0.399 e. The SMILES string of the molecule is Nc1ccc(C(=O)N2CCN(c3ccnc4[nH]ccc34)CC23CC3)cc1. The zero-order valence-corrected chi connectivity index (χ0v) is 14.5. The van der Waals surface area contributed by atoms with Crippen LogP contribution in [-0.2, 0) is 0 Å². The van der Waals surface area contributed by atoms with Gasteiger partial charge in [0.05, 0.1) is 5.54 Å². The first-order valence-corrected chi connectivity index (χ1v) is 9.01. The average Bonchev–Trinajstić information content (AvgIpc) is 3.24. The number of aromatic nitrogens is 2. The van der Waals surface area contributed by atoms with Crippen LogP contribution in [0.5, 0.6) is 0 Å². The summed E-state index contributed by atoms with van der Waals surface area (Å²) in [5, 5.41) is 1.14. The van der Waals surface area contributed by atoms with E-state index in [1.807, 2.05) is 24.5 Å². The van der Waals surface area contributed by atoms with E-state index in [0.717, 1.165) is 49.1 Å². The minimum absolute atomic E-state index is 0.0391. The smallest absolute Gasteiger partial charge is 0.254 e. The van der Waals surface area contributed by atoms with Crippen LogP contribution in [0.25, 0.3) is 11.0 Å². The Balaban J connectivity index is 1.42. The number of nitrogens with one attached hydrogen (secondary N) is 1. The molecule has 0 atom stereocenters. The van der Waals surface area contributed by atoms with Crippen LogP contribution < -0.4 is 10.6 Å². The van der Waals surface area contributed by atoms with E-state index in [4.69, 9.17) is 5.73 Å². The maximum absolute atomic E-state index is 13.0. The summed E-state index contributed by atoms with van der Waals surface area (Å²) in [6.45, 7) is 2.43. The number of anilines is 2. The van der Waals surface area contributed by atoms with Crippen LogP contribution in [0.15, 0.2) is 48.8 Å². The highest BCUT2D eigenvalue weighted by atomic mass is 16.2. The van der Waals surface area contributed by atoms with Gasteiger partial charge in [0.25, 0.3) is 5.91 Å². The molecule has 26 heavy (non-hydrogen) atoms. The van der Waals surface area contributed by atoms with Crippen LogP contribution in [-0.4, -0.2) is 45.9 Å². The Kier molecular flexibility index (Phi) is 3.22. The second kappa shape index (κ2) is 5.49. The van der Waals surface area contributed by atoms with Gasteiger partial charge < -0.3 is 20.5 Å². The molecule has 0 radical (unpaired) electrons. The molecule has 1 spiro atoms. The van der Waals surface area contributed by atoms with Crippen LogP contribution in [0.2, 0.25) is 0 Å². The highest BCUT2D eigenvalue weighted by molar-refractivity contribution is 5.96. The predicted molar refractivity (Wildman–Crippen MR) is 102 cm³/mol. The monoisotopic (exact) mass is 347 g/mol. The summed E-state index contributed by atoms with van der Waals surface area (Å²) >= 11 is 0. The summed E-state index contributed by atoms with van der Waals surface area (Å²) in [5.74, 6) is 0.115. The number of aromatic amines is 1. The van der Waals surface area contributed by atoms with E-state index in [1.165, 1.54) is 5.69 Å². The molecule has 3 heterocycles. The fourth-order valence-electron chi connectivity index (χ4n) is 4.08. The highest BCUT2D eigenvalue weighted by Gasteiger charge is 2.53. The molecule has 1 saturated carbocycles. The van der Waals surface area contributed by atoms with Crippen molar-refractivity contribution in [2.75, 3.05) is 30.3 Å². The lowest BCUT2D eigenvalue weighted by Crippen LogP contribution is -2.57. The molecule has 1 amide bonds. The highest BCUT2D eigenvalue weighted by Crippen LogP contribution is 2.46. The number of amides is 1. The summed E-state index contributed by atoms with van der Waals surface area (Å²) in [6, 6.07) is 11.4. The van der Waals surface area contributed by atoms with Crippen molar-refractivity contribution in [2.45, 2.75) is 18.4 Å². The van der Waals surface area contributed by atoms with Crippen molar-refractivity contribution in [3.63, 3.8) is 0 Å². The Morgan fingerprint density at radius 3 is 2.69 bits per heavy atom. The fraction of sp³-hybridized carbons (Fsp3) is 0.300. The lowest BCUT2D eigenvalue weighted by molar-refractivity contribution is 0.0625. The molecule has 2 aromatic heterocycles. The van der Waals surface area contributed by atoms with Gasteiger partial charge in [-0.3, -0.25) is 4.79 Å². The van der Waals surface area contributed by atoms with Crippen LogP contribution in [0.1, 0.15) is 23.2 Å². The summed E-state index contributed by atoms with van der Waals surface area (Å²) in [6.07, 6.45) is 5.89. The molecular formula is C20H21N5O. The van der Waals surface area contributed by atoms with Gasteiger partial charge >= 0.3 is 0 Å². The number of carbonyl (C=O) groups is 1. The number of carbonyl (C=O) groups excluding carboxylic acids is 1. The van der Waals surface area contributed by atoms with E-state index in [-0.39, 0.29) is 11.4 Å².